The van der Waals surface area contributed by atoms with Crippen LogP contribution in [0, 0.1) is 0 Å². The quantitative estimate of drug-likeness (QED) is 0.165. The first-order chi connectivity index (χ1) is 19.8. The summed E-state index contributed by atoms with van der Waals surface area (Å²) in [7, 11) is 0. The van der Waals surface area contributed by atoms with E-state index >= 15 is 0 Å². The number of amides is 1. The van der Waals surface area contributed by atoms with Crippen molar-refractivity contribution < 1.29 is 22.7 Å². The van der Waals surface area contributed by atoms with E-state index in [1.54, 1.807) is 6.07 Å². The number of rotatable bonds is 17. The van der Waals surface area contributed by atoms with Gasteiger partial charge in [-0.05, 0) is 47.7 Å². The fraction of sp³-hybridized carbons (Fsp3) is 0.441. The maximum Gasteiger partial charge on any atom is 0.573 e. The summed E-state index contributed by atoms with van der Waals surface area (Å²) in [5.41, 5.74) is 12.0. The van der Waals surface area contributed by atoms with Crippen molar-refractivity contribution in [3.8, 4) is 16.9 Å². The molecule has 1 unspecified atom stereocenters. The van der Waals surface area contributed by atoms with Crippen molar-refractivity contribution >= 4 is 5.91 Å². The molecule has 3 rings (SSSR count). The lowest BCUT2D eigenvalue weighted by Crippen LogP contribution is -2.24. The third-order valence-electron chi connectivity index (χ3n) is 7.21. The zero-order valence-electron chi connectivity index (χ0n) is 23.9. The van der Waals surface area contributed by atoms with Gasteiger partial charge < -0.3 is 10.1 Å². The Bertz CT molecular complexity index is 1180. The van der Waals surface area contributed by atoms with Gasteiger partial charge in [0.05, 0.1) is 6.04 Å². The van der Waals surface area contributed by atoms with Crippen LogP contribution in [-0.2, 0) is 6.42 Å². The highest BCUT2D eigenvalue weighted by Crippen LogP contribution is 2.32. The Balaban J connectivity index is 1.42. The number of carbonyl (C=O) groups excluding carboxylic acids is 1. The third-order valence-corrected chi connectivity index (χ3v) is 7.21. The zero-order chi connectivity index (χ0) is 29.5. The average molecular weight is 568 g/mol. The van der Waals surface area contributed by atoms with Crippen LogP contribution in [-0.4, -0.2) is 18.8 Å². The maximum absolute atomic E-state index is 12.7. The largest absolute Gasteiger partial charge is 0.573 e. The first kappa shape index (κ1) is 32.2. The highest BCUT2D eigenvalue weighted by Gasteiger charge is 2.32. The molecule has 0 fully saturated rings. The first-order valence-electron chi connectivity index (χ1n) is 14.8. The highest BCUT2D eigenvalue weighted by molar-refractivity contribution is 5.94. The molecule has 1 radical (unpaired) electrons. The number of nitrogens with one attached hydrogen (secondary N) is 2. The van der Waals surface area contributed by atoms with Gasteiger partial charge in [0, 0.05) is 17.7 Å². The Morgan fingerprint density at radius 2 is 1.32 bits per heavy atom. The number of halogens is 3. The summed E-state index contributed by atoms with van der Waals surface area (Å²) in [5.74, 6) is -0.414. The molecule has 221 valence electrons. The van der Waals surface area contributed by atoms with Gasteiger partial charge in [0.25, 0.3) is 5.91 Å². The van der Waals surface area contributed by atoms with Crippen molar-refractivity contribution in [1.82, 2.24) is 11.1 Å². The number of benzene rings is 3. The van der Waals surface area contributed by atoms with Gasteiger partial charge in [0.1, 0.15) is 5.75 Å². The molecule has 0 aliphatic rings. The predicted octanol–water partition coefficient (Wildman–Crippen LogP) is 9.47. The van der Waals surface area contributed by atoms with Crippen LogP contribution in [0.5, 0.6) is 5.75 Å². The molecule has 0 bridgehead atoms. The zero-order valence-corrected chi connectivity index (χ0v) is 23.9. The van der Waals surface area contributed by atoms with E-state index in [-0.39, 0.29) is 23.6 Å². The molecule has 4 nitrogen and oxygen atoms in total. The number of alkyl halides is 3. The average Bonchev–Trinajstić information content (AvgIpc) is 2.95. The van der Waals surface area contributed by atoms with E-state index in [2.05, 4.69) is 17.0 Å². The minimum absolute atomic E-state index is 0.0703. The predicted molar refractivity (Wildman–Crippen MR) is 159 cm³/mol. The molecule has 0 heterocycles. The Morgan fingerprint density at radius 1 is 0.780 bits per heavy atom. The van der Waals surface area contributed by atoms with Gasteiger partial charge in [-0.2, -0.15) is 0 Å². The molecular weight excluding hydrogens is 525 g/mol. The lowest BCUT2D eigenvalue weighted by Gasteiger charge is -2.17. The van der Waals surface area contributed by atoms with Gasteiger partial charge in [-0.15, -0.1) is 13.2 Å². The number of para-hydroxylation sites is 1. The van der Waals surface area contributed by atoms with E-state index in [9.17, 15) is 18.0 Å². The van der Waals surface area contributed by atoms with E-state index < -0.39 is 12.4 Å². The Labute approximate surface area is 242 Å². The Hall–Kier alpha value is -3.32. The van der Waals surface area contributed by atoms with E-state index in [0.29, 0.717) is 12.1 Å². The van der Waals surface area contributed by atoms with Gasteiger partial charge >= 0.3 is 6.36 Å². The topological polar surface area (TPSA) is 62.1 Å². The summed E-state index contributed by atoms with van der Waals surface area (Å²) in [5, 5.41) is 3.01. The van der Waals surface area contributed by atoms with Crippen LogP contribution < -0.4 is 15.8 Å². The number of carbonyl (C=O) groups is 1. The second-order valence-electron chi connectivity index (χ2n) is 10.6. The molecule has 0 aliphatic heterocycles. The van der Waals surface area contributed by atoms with Crippen LogP contribution >= 0.6 is 0 Å². The fourth-order valence-electron chi connectivity index (χ4n) is 4.90. The lowest BCUT2D eigenvalue weighted by molar-refractivity contribution is -0.275. The normalized spacial score (nSPS) is 12.2. The van der Waals surface area contributed by atoms with Crippen molar-refractivity contribution in [2.45, 2.75) is 90.0 Å². The molecule has 0 aliphatic carbocycles. The van der Waals surface area contributed by atoms with E-state index in [1.807, 2.05) is 48.5 Å². The standard InChI is InChI=1S/C34H42F3N2O2/c1-2-3-4-5-6-7-8-9-10-13-24-39-33(40)29-22-20-28(21-23-29)27-18-16-26(17-19-27)25-31(38)30-14-11-12-15-32(30)41-34(35,36)37/h11-12,14-23,31,38H,2-10,13,24-25H2,1H3,(H,39,40). The van der Waals surface area contributed by atoms with Crippen LogP contribution in [0.2, 0.25) is 0 Å². The van der Waals surface area contributed by atoms with Gasteiger partial charge in [-0.3, -0.25) is 4.79 Å². The molecule has 7 heteroatoms. The molecule has 3 aromatic rings. The van der Waals surface area contributed by atoms with Gasteiger partial charge in [-0.1, -0.05) is 119 Å². The van der Waals surface area contributed by atoms with Crippen molar-refractivity contribution in [3.63, 3.8) is 0 Å². The van der Waals surface area contributed by atoms with Crippen LogP contribution in [0.3, 0.4) is 0 Å². The van der Waals surface area contributed by atoms with Crippen molar-refractivity contribution in [1.29, 1.82) is 0 Å². The second kappa shape index (κ2) is 16.8. The molecule has 2 N–H and O–H groups in total. The molecule has 1 amide bonds. The lowest BCUT2D eigenvalue weighted by atomic mass is 9.96. The molecule has 1 atom stereocenters. The SMILES string of the molecule is CCCCCCCCCCCCNC(=O)c1ccc(-c2ccc(CC([NH])c3ccccc3OC(F)(F)F)cc2)cc1. The van der Waals surface area contributed by atoms with Crippen molar-refractivity contribution in [3.05, 3.63) is 89.5 Å². The first-order valence-corrected chi connectivity index (χ1v) is 14.8. The Kier molecular flexibility index (Phi) is 13.2. The summed E-state index contributed by atoms with van der Waals surface area (Å²) in [6.45, 7) is 2.92. The minimum atomic E-state index is -4.81. The molecular formula is C34H42F3N2O2. The summed E-state index contributed by atoms with van der Waals surface area (Å²) in [6.07, 6.45) is 8.05. The number of hydrogen-bond acceptors (Lipinski definition) is 2. The van der Waals surface area contributed by atoms with Crippen LogP contribution in [0.4, 0.5) is 13.2 Å². The fourth-order valence-corrected chi connectivity index (χ4v) is 4.90. The monoisotopic (exact) mass is 567 g/mol. The molecule has 0 saturated carbocycles. The molecule has 3 aromatic carbocycles. The van der Waals surface area contributed by atoms with Crippen LogP contribution in [0.25, 0.3) is 11.1 Å². The van der Waals surface area contributed by atoms with E-state index in [1.165, 1.54) is 69.6 Å². The van der Waals surface area contributed by atoms with Crippen molar-refractivity contribution in [2.24, 2.45) is 0 Å². The minimum Gasteiger partial charge on any atom is -0.405 e. The summed E-state index contributed by atoms with van der Waals surface area (Å²) in [4.78, 5) is 12.5. The second-order valence-corrected chi connectivity index (χ2v) is 10.6. The van der Waals surface area contributed by atoms with E-state index in [0.717, 1.165) is 29.5 Å². The van der Waals surface area contributed by atoms with Crippen LogP contribution in [0.1, 0.15) is 98.7 Å². The molecule has 41 heavy (non-hydrogen) atoms. The summed E-state index contributed by atoms with van der Waals surface area (Å²) >= 11 is 0. The van der Waals surface area contributed by atoms with E-state index in [4.69, 9.17) is 5.73 Å². The molecule has 0 aromatic heterocycles. The molecule has 0 saturated heterocycles. The number of unbranched alkanes of at least 4 members (excludes halogenated alkanes) is 9. The molecule has 0 spiro atoms. The third kappa shape index (κ3) is 11.6. The maximum atomic E-state index is 12.7. The van der Waals surface area contributed by atoms with Gasteiger partial charge in [-0.25, -0.2) is 5.73 Å². The number of ether oxygens (including phenoxy) is 1. The van der Waals surface area contributed by atoms with Crippen LogP contribution in [0.15, 0.2) is 72.8 Å². The summed E-state index contributed by atoms with van der Waals surface area (Å²) < 4.78 is 42.3. The van der Waals surface area contributed by atoms with Gasteiger partial charge in [0.2, 0.25) is 0 Å². The highest BCUT2D eigenvalue weighted by atomic mass is 19.4. The van der Waals surface area contributed by atoms with Gasteiger partial charge in [0.15, 0.2) is 0 Å². The summed E-state index contributed by atoms with van der Waals surface area (Å²) in [6, 6.07) is 19.9. The number of hydrogen-bond donors (Lipinski definition) is 1. The smallest absolute Gasteiger partial charge is 0.405 e. The Morgan fingerprint density at radius 3 is 1.90 bits per heavy atom. The van der Waals surface area contributed by atoms with Crippen molar-refractivity contribution in [2.75, 3.05) is 6.54 Å².